The third-order valence-electron chi connectivity index (χ3n) is 5.38. The van der Waals surface area contributed by atoms with Gasteiger partial charge in [-0.05, 0) is 55.5 Å². The molecule has 1 amide bonds. The van der Waals surface area contributed by atoms with E-state index in [0.29, 0.717) is 18.5 Å². The van der Waals surface area contributed by atoms with Crippen molar-refractivity contribution in [2.75, 3.05) is 11.4 Å². The molecule has 4 rings (SSSR count). The number of non-ortho nitro benzene ring substituents is 1. The molecule has 0 unspecified atom stereocenters. The van der Waals surface area contributed by atoms with Crippen LogP contribution >= 0.6 is 0 Å². The summed E-state index contributed by atoms with van der Waals surface area (Å²) in [5.41, 5.74) is 2.79. The summed E-state index contributed by atoms with van der Waals surface area (Å²) in [5.74, 6) is -0.998. The Morgan fingerprint density at radius 3 is 2.87 bits per heavy atom. The number of rotatable bonds is 5. The molecule has 0 atom stereocenters. The number of nitro groups is 1. The molecule has 0 aliphatic carbocycles. The Morgan fingerprint density at radius 2 is 2.10 bits per heavy atom. The van der Waals surface area contributed by atoms with Crippen molar-refractivity contribution in [3.63, 3.8) is 0 Å². The monoisotopic (exact) mass is 413 g/mol. The molecule has 0 bridgehead atoms. The van der Waals surface area contributed by atoms with Crippen LogP contribution in [-0.4, -0.2) is 21.9 Å². The Bertz CT molecular complexity index is 1210. The molecule has 2 heterocycles. The van der Waals surface area contributed by atoms with Crippen molar-refractivity contribution in [2.24, 2.45) is 0 Å². The van der Waals surface area contributed by atoms with Gasteiger partial charge in [0.25, 0.3) is 5.69 Å². The van der Waals surface area contributed by atoms with Crippen molar-refractivity contribution < 1.29 is 18.5 Å². The molecule has 1 aliphatic heterocycles. The minimum absolute atomic E-state index is 0.0813. The highest BCUT2D eigenvalue weighted by molar-refractivity contribution is 5.95. The third-order valence-corrected chi connectivity index (χ3v) is 5.38. The predicted molar refractivity (Wildman–Crippen MR) is 108 cm³/mol. The van der Waals surface area contributed by atoms with Gasteiger partial charge in [0.15, 0.2) is 5.58 Å². The first-order valence-corrected chi connectivity index (χ1v) is 9.72. The van der Waals surface area contributed by atoms with Crippen LogP contribution in [0.1, 0.15) is 30.4 Å². The van der Waals surface area contributed by atoms with Gasteiger partial charge in [0.05, 0.1) is 16.5 Å². The first kappa shape index (κ1) is 19.8. The molecule has 0 saturated carbocycles. The second kappa shape index (κ2) is 7.74. The second-order valence-corrected chi connectivity index (χ2v) is 7.41. The largest absolute Gasteiger partial charge is 0.419 e. The molecule has 1 aromatic heterocycles. The summed E-state index contributed by atoms with van der Waals surface area (Å²) in [6, 6.07) is 6.91. The second-order valence-electron chi connectivity index (χ2n) is 7.41. The molecule has 9 heteroatoms. The highest BCUT2D eigenvalue weighted by Crippen LogP contribution is 2.32. The van der Waals surface area contributed by atoms with Crippen LogP contribution in [0.5, 0.6) is 0 Å². The Balaban J connectivity index is 1.48. The fourth-order valence-electron chi connectivity index (χ4n) is 4.07. The van der Waals surface area contributed by atoms with Gasteiger partial charge in [-0.1, -0.05) is 0 Å². The highest BCUT2D eigenvalue weighted by atomic mass is 19.1. The fraction of sp³-hybridized carbons (Fsp3) is 0.333. The predicted octanol–water partition coefficient (Wildman–Crippen LogP) is 3.71. The van der Waals surface area contributed by atoms with E-state index in [2.05, 4.69) is 0 Å². The molecule has 1 aliphatic rings. The molecule has 3 aromatic rings. The van der Waals surface area contributed by atoms with Crippen LogP contribution in [0.4, 0.5) is 15.8 Å². The summed E-state index contributed by atoms with van der Waals surface area (Å²) >= 11 is 0. The number of halogens is 1. The van der Waals surface area contributed by atoms with Crippen LogP contribution in [0.15, 0.2) is 39.5 Å². The van der Waals surface area contributed by atoms with Gasteiger partial charge in [-0.15, -0.1) is 0 Å². The number of amides is 1. The maximum atomic E-state index is 13.7. The topological polar surface area (TPSA) is 98.6 Å². The summed E-state index contributed by atoms with van der Waals surface area (Å²) in [6.07, 6.45) is 2.12. The fourth-order valence-corrected chi connectivity index (χ4v) is 4.07. The zero-order valence-corrected chi connectivity index (χ0v) is 16.4. The summed E-state index contributed by atoms with van der Waals surface area (Å²) < 4.78 is 20.2. The molecule has 156 valence electrons. The van der Waals surface area contributed by atoms with E-state index in [1.165, 1.54) is 34.9 Å². The molecule has 0 saturated heterocycles. The summed E-state index contributed by atoms with van der Waals surface area (Å²) in [4.78, 5) is 37.0. The van der Waals surface area contributed by atoms with Crippen molar-refractivity contribution >= 4 is 28.4 Å². The van der Waals surface area contributed by atoms with Crippen LogP contribution < -0.4 is 10.7 Å². The number of hydrogen-bond donors (Lipinski definition) is 0. The van der Waals surface area contributed by atoms with E-state index >= 15 is 0 Å². The molecule has 8 nitrogen and oxygen atoms in total. The first-order chi connectivity index (χ1) is 14.3. The molecular formula is C21H20FN3O5. The number of nitro benzene ring substituents is 1. The Hall–Kier alpha value is -3.49. The quantitative estimate of drug-likeness (QED) is 0.469. The van der Waals surface area contributed by atoms with Crippen LogP contribution in [0.3, 0.4) is 0 Å². The van der Waals surface area contributed by atoms with Gasteiger partial charge < -0.3 is 9.32 Å². The average molecular weight is 413 g/mol. The standard InChI is InChI=1S/C21H20FN3O5/c1-13-10-15(22)11-14-4-2-9-24(20(13)14)19(26)5-3-8-23-17-7-6-16(25(28)29)12-18(17)30-21(23)27/h6-7,10-12H,2-5,8-9H2,1H3. The average Bonchev–Trinajstić information content (AvgIpc) is 3.01. The van der Waals surface area contributed by atoms with E-state index in [9.17, 15) is 24.1 Å². The van der Waals surface area contributed by atoms with Crippen molar-refractivity contribution in [3.05, 3.63) is 67.9 Å². The third kappa shape index (κ3) is 3.58. The molecule has 0 fully saturated rings. The van der Waals surface area contributed by atoms with Crippen molar-refractivity contribution in [1.29, 1.82) is 0 Å². The minimum Gasteiger partial charge on any atom is -0.407 e. The lowest BCUT2D eigenvalue weighted by Gasteiger charge is -2.31. The van der Waals surface area contributed by atoms with Gasteiger partial charge in [0, 0.05) is 31.3 Å². The number of carbonyl (C=O) groups is 1. The number of carbonyl (C=O) groups excluding carboxylic acids is 1. The molecule has 0 spiro atoms. The summed E-state index contributed by atoms with van der Waals surface area (Å²) in [6.45, 7) is 2.62. The number of hydrogen-bond acceptors (Lipinski definition) is 5. The maximum Gasteiger partial charge on any atom is 0.419 e. The SMILES string of the molecule is Cc1cc(F)cc2c1N(C(=O)CCCn1c(=O)oc3cc([N+](=O)[O-])ccc31)CCC2. The lowest BCUT2D eigenvalue weighted by atomic mass is 9.97. The van der Waals surface area contributed by atoms with E-state index in [0.717, 1.165) is 29.7 Å². The molecule has 30 heavy (non-hydrogen) atoms. The molecule has 0 N–H and O–H groups in total. The number of anilines is 1. The Labute approximate surface area is 170 Å². The zero-order chi connectivity index (χ0) is 21.4. The van der Waals surface area contributed by atoms with E-state index in [4.69, 9.17) is 4.42 Å². The zero-order valence-electron chi connectivity index (χ0n) is 16.4. The number of fused-ring (bicyclic) bond motifs is 2. The van der Waals surface area contributed by atoms with Gasteiger partial charge in [0.1, 0.15) is 5.82 Å². The number of aromatic nitrogens is 1. The van der Waals surface area contributed by atoms with Crippen LogP contribution in [0.2, 0.25) is 0 Å². The number of benzene rings is 2. The number of oxazole rings is 1. The van der Waals surface area contributed by atoms with Crippen molar-refractivity contribution in [1.82, 2.24) is 4.57 Å². The number of aryl methyl sites for hydroxylation is 3. The lowest BCUT2D eigenvalue weighted by Crippen LogP contribution is -2.36. The van der Waals surface area contributed by atoms with Crippen molar-refractivity contribution in [3.8, 4) is 0 Å². The van der Waals surface area contributed by atoms with Crippen molar-refractivity contribution in [2.45, 2.75) is 39.2 Å². The Morgan fingerprint density at radius 1 is 1.30 bits per heavy atom. The molecule has 0 radical (unpaired) electrons. The van der Waals surface area contributed by atoms with E-state index in [1.54, 1.807) is 11.8 Å². The van der Waals surface area contributed by atoms with E-state index in [1.807, 2.05) is 0 Å². The molecular weight excluding hydrogens is 393 g/mol. The van der Waals surface area contributed by atoms with E-state index in [-0.39, 0.29) is 36.0 Å². The van der Waals surface area contributed by atoms with Gasteiger partial charge in [-0.3, -0.25) is 19.5 Å². The van der Waals surface area contributed by atoms with Crippen LogP contribution in [0.25, 0.3) is 11.1 Å². The normalized spacial score (nSPS) is 13.5. The highest BCUT2D eigenvalue weighted by Gasteiger charge is 2.25. The van der Waals surface area contributed by atoms with E-state index < -0.39 is 10.7 Å². The first-order valence-electron chi connectivity index (χ1n) is 9.72. The summed E-state index contributed by atoms with van der Waals surface area (Å²) in [5, 5.41) is 10.9. The van der Waals surface area contributed by atoms with Gasteiger partial charge in [-0.2, -0.15) is 0 Å². The maximum absolute atomic E-state index is 13.7. The minimum atomic E-state index is -0.618. The Kier molecular flexibility index (Phi) is 5.11. The number of nitrogens with zero attached hydrogens (tertiary/aromatic N) is 3. The summed E-state index contributed by atoms with van der Waals surface area (Å²) in [7, 11) is 0. The van der Waals surface area contributed by atoms with Gasteiger partial charge in [-0.25, -0.2) is 9.18 Å². The molecule has 2 aromatic carbocycles. The van der Waals surface area contributed by atoms with Crippen LogP contribution in [-0.2, 0) is 17.8 Å². The lowest BCUT2D eigenvalue weighted by molar-refractivity contribution is -0.384. The van der Waals surface area contributed by atoms with Crippen LogP contribution in [0, 0.1) is 22.9 Å². The van der Waals surface area contributed by atoms with Gasteiger partial charge >= 0.3 is 5.76 Å². The van der Waals surface area contributed by atoms with Gasteiger partial charge in [0.2, 0.25) is 5.91 Å². The smallest absolute Gasteiger partial charge is 0.407 e.